The van der Waals surface area contributed by atoms with Crippen molar-refractivity contribution in [1.29, 1.82) is 0 Å². The highest BCUT2D eigenvalue weighted by atomic mass is 15.1. The van der Waals surface area contributed by atoms with Gasteiger partial charge in [0.2, 0.25) is 0 Å². The van der Waals surface area contributed by atoms with E-state index in [2.05, 4.69) is 48.0 Å². The Balaban J connectivity index is 2.06. The number of fused-ring (bicyclic) bond motifs is 1. The van der Waals surface area contributed by atoms with Gasteiger partial charge in [-0.2, -0.15) is 0 Å². The highest BCUT2D eigenvalue weighted by Crippen LogP contribution is 2.33. The van der Waals surface area contributed by atoms with Crippen LogP contribution >= 0.6 is 0 Å². The number of nitrogens with one attached hydrogen (secondary N) is 1. The molecule has 1 aromatic carbocycles. The van der Waals surface area contributed by atoms with Crippen molar-refractivity contribution >= 4 is 11.0 Å². The van der Waals surface area contributed by atoms with E-state index < -0.39 is 0 Å². The molecule has 2 unspecified atom stereocenters. The first-order valence-corrected chi connectivity index (χ1v) is 8.04. The van der Waals surface area contributed by atoms with Crippen LogP contribution in [0.15, 0.2) is 24.3 Å². The highest BCUT2D eigenvalue weighted by Gasteiger charge is 2.28. The molecule has 1 aromatic heterocycles. The monoisotopic (exact) mass is 271 g/mol. The zero-order valence-corrected chi connectivity index (χ0v) is 12.6. The highest BCUT2D eigenvalue weighted by molar-refractivity contribution is 5.76. The van der Waals surface area contributed by atoms with Crippen LogP contribution in [0.25, 0.3) is 11.0 Å². The number of para-hydroxylation sites is 2. The van der Waals surface area contributed by atoms with E-state index in [1.807, 2.05) is 0 Å². The Hall–Kier alpha value is -1.35. The van der Waals surface area contributed by atoms with Crippen LogP contribution in [0, 0.1) is 0 Å². The molecule has 3 heteroatoms. The molecular weight excluding hydrogens is 246 g/mol. The van der Waals surface area contributed by atoms with Gasteiger partial charge in [0.25, 0.3) is 0 Å². The number of aryl methyl sites for hydroxylation is 1. The zero-order valence-electron chi connectivity index (χ0n) is 12.6. The second-order valence-corrected chi connectivity index (χ2v) is 5.76. The van der Waals surface area contributed by atoms with E-state index in [1.165, 1.54) is 37.0 Å². The van der Waals surface area contributed by atoms with Gasteiger partial charge in [-0.3, -0.25) is 0 Å². The molecule has 2 aromatic rings. The summed E-state index contributed by atoms with van der Waals surface area (Å²) >= 11 is 0. The molecule has 0 amide bonds. The standard InChI is InChI=1S/C17H25N3/c1-3-17-19-14-10-6-8-12-16(14)20(17)15-11-7-5-9-13(15)18-4-2/h6,8,10,12-13,15,18H,3-5,7,9,11H2,1-2H3. The number of nitrogens with zero attached hydrogens (tertiary/aromatic N) is 2. The number of hydrogen-bond acceptors (Lipinski definition) is 2. The number of imidazole rings is 1. The Bertz CT molecular complexity index is 571. The lowest BCUT2D eigenvalue weighted by Gasteiger charge is -2.34. The minimum absolute atomic E-state index is 0.561. The van der Waals surface area contributed by atoms with Crippen molar-refractivity contribution in [2.75, 3.05) is 6.54 Å². The van der Waals surface area contributed by atoms with Crippen LogP contribution in [-0.4, -0.2) is 22.1 Å². The number of hydrogen-bond donors (Lipinski definition) is 1. The third-order valence-electron chi connectivity index (χ3n) is 4.51. The summed E-state index contributed by atoms with van der Waals surface area (Å²) in [5, 5.41) is 3.69. The molecule has 0 aliphatic heterocycles. The topological polar surface area (TPSA) is 29.9 Å². The van der Waals surface area contributed by atoms with Gasteiger partial charge in [0.15, 0.2) is 0 Å². The summed E-state index contributed by atoms with van der Waals surface area (Å²) in [6.45, 7) is 5.47. The average Bonchev–Trinajstić information content (AvgIpc) is 2.86. The van der Waals surface area contributed by atoms with Crippen molar-refractivity contribution in [3.05, 3.63) is 30.1 Å². The van der Waals surface area contributed by atoms with Crippen molar-refractivity contribution in [3.8, 4) is 0 Å². The molecule has 1 aliphatic rings. The molecule has 3 rings (SSSR count). The first kappa shape index (κ1) is 13.6. The van der Waals surface area contributed by atoms with Crippen LogP contribution in [0.5, 0.6) is 0 Å². The van der Waals surface area contributed by atoms with Gasteiger partial charge < -0.3 is 9.88 Å². The second-order valence-electron chi connectivity index (χ2n) is 5.76. The van der Waals surface area contributed by atoms with E-state index in [0.29, 0.717) is 12.1 Å². The normalized spacial score (nSPS) is 23.3. The van der Waals surface area contributed by atoms with Crippen molar-refractivity contribution in [2.45, 2.75) is 58.0 Å². The summed E-state index contributed by atoms with van der Waals surface area (Å²) in [4.78, 5) is 4.84. The summed E-state index contributed by atoms with van der Waals surface area (Å²) in [6.07, 6.45) is 6.24. The van der Waals surface area contributed by atoms with E-state index in [4.69, 9.17) is 4.98 Å². The van der Waals surface area contributed by atoms with E-state index >= 15 is 0 Å². The lowest BCUT2D eigenvalue weighted by atomic mass is 9.89. The number of benzene rings is 1. The maximum absolute atomic E-state index is 4.84. The molecule has 1 saturated carbocycles. The predicted octanol–water partition coefficient (Wildman–Crippen LogP) is 3.69. The predicted molar refractivity (Wildman–Crippen MR) is 84.1 cm³/mol. The number of rotatable bonds is 4. The van der Waals surface area contributed by atoms with Gasteiger partial charge in [-0.1, -0.05) is 38.8 Å². The molecule has 2 atom stereocenters. The van der Waals surface area contributed by atoms with Gasteiger partial charge in [-0.25, -0.2) is 4.98 Å². The minimum atomic E-state index is 0.561. The van der Waals surface area contributed by atoms with Gasteiger partial charge in [0.1, 0.15) is 5.82 Å². The van der Waals surface area contributed by atoms with E-state index in [9.17, 15) is 0 Å². The second kappa shape index (κ2) is 5.96. The van der Waals surface area contributed by atoms with Crippen molar-refractivity contribution in [2.24, 2.45) is 0 Å². The Kier molecular flexibility index (Phi) is 4.06. The van der Waals surface area contributed by atoms with E-state index in [-0.39, 0.29) is 0 Å². The Labute approximate surface area is 121 Å². The third kappa shape index (κ3) is 2.35. The number of likely N-dealkylation sites (N-methyl/N-ethyl adjacent to an activating group) is 1. The van der Waals surface area contributed by atoms with Crippen LogP contribution in [0.3, 0.4) is 0 Å². The molecule has 0 spiro atoms. The van der Waals surface area contributed by atoms with Crippen molar-refractivity contribution in [1.82, 2.24) is 14.9 Å². The largest absolute Gasteiger partial charge is 0.323 e. The molecule has 1 fully saturated rings. The van der Waals surface area contributed by atoms with Gasteiger partial charge in [-0.15, -0.1) is 0 Å². The molecule has 0 bridgehead atoms. The first-order chi connectivity index (χ1) is 9.85. The molecule has 0 radical (unpaired) electrons. The fourth-order valence-electron chi connectivity index (χ4n) is 3.63. The Morgan fingerprint density at radius 3 is 2.80 bits per heavy atom. The molecule has 1 heterocycles. The first-order valence-electron chi connectivity index (χ1n) is 8.04. The van der Waals surface area contributed by atoms with Crippen LogP contribution in [0.2, 0.25) is 0 Å². The summed E-state index contributed by atoms with van der Waals surface area (Å²) in [5.74, 6) is 1.24. The third-order valence-corrected chi connectivity index (χ3v) is 4.51. The SMILES string of the molecule is CCNC1CCCCC1n1c(CC)nc2ccccc21. The lowest BCUT2D eigenvalue weighted by Crippen LogP contribution is -2.40. The van der Waals surface area contributed by atoms with E-state index in [1.54, 1.807) is 0 Å². The van der Waals surface area contributed by atoms with Crippen LogP contribution in [-0.2, 0) is 6.42 Å². The van der Waals surface area contributed by atoms with Gasteiger partial charge in [-0.05, 0) is 31.5 Å². The van der Waals surface area contributed by atoms with Crippen molar-refractivity contribution < 1.29 is 0 Å². The van der Waals surface area contributed by atoms with Crippen LogP contribution in [0.4, 0.5) is 0 Å². The summed E-state index contributed by atoms with van der Waals surface area (Å²) in [6, 6.07) is 9.73. The van der Waals surface area contributed by atoms with Crippen molar-refractivity contribution in [3.63, 3.8) is 0 Å². The zero-order chi connectivity index (χ0) is 13.9. The molecule has 108 valence electrons. The smallest absolute Gasteiger partial charge is 0.109 e. The number of aromatic nitrogens is 2. The van der Waals surface area contributed by atoms with Gasteiger partial charge in [0.05, 0.1) is 17.1 Å². The summed E-state index contributed by atoms with van der Waals surface area (Å²) < 4.78 is 2.52. The lowest BCUT2D eigenvalue weighted by molar-refractivity contribution is 0.266. The Morgan fingerprint density at radius 2 is 2.00 bits per heavy atom. The summed E-state index contributed by atoms with van der Waals surface area (Å²) in [5.41, 5.74) is 2.45. The van der Waals surface area contributed by atoms with Gasteiger partial charge >= 0.3 is 0 Å². The quantitative estimate of drug-likeness (QED) is 0.919. The average molecular weight is 271 g/mol. The van der Waals surface area contributed by atoms with Gasteiger partial charge in [0, 0.05) is 12.5 Å². The molecule has 3 nitrogen and oxygen atoms in total. The van der Waals surface area contributed by atoms with E-state index in [0.717, 1.165) is 18.5 Å². The molecule has 1 N–H and O–H groups in total. The van der Waals surface area contributed by atoms with Crippen LogP contribution < -0.4 is 5.32 Å². The maximum atomic E-state index is 4.84. The summed E-state index contributed by atoms with van der Waals surface area (Å²) in [7, 11) is 0. The maximum Gasteiger partial charge on any atom is 0.109 e. The molecule has 0 saturated heterocycles. The fourth-order valence-corrected chi connectivity index (χ4v) is 3.63. The fraction of sp³-hybridized carbons (Fsp3) is 0.588. The molecule has 1 aliphatic carbocycles. The Morgan fingerprint density at radius 1 is 1.20 bits per heavy atom. The molecular formula is C17H25N3. The van der Waals surface area contributed by atoms with Crippen LogP contribution in [0.1, 0.15) is 51.4 Å². The molecule has 20 heavy (non-hydrogen) atoms. The minimum Gasteiger partial charge on any atom is -0.323 e.